The third-order valence-corrected chi connectivity index (χ3v) is 6.11. The molecule has 0 aliphatic carbocycles. The summed E-state index contributed by atoms with van der Waals surface area (Å²) in [6, 6.07) is 9.08. The lowest BCUT2D eigenvalue weighted by Gasteiger charge is -2.18. The van der Waals surface area contributed by atoms with Gasteiger partial charge in [0.1, 0.15) is 19.0 Å². The Labute approximate surface area is 175 Å². The first kappa shape index (κ1) is 22.0. The summed E-state index contributed by atoms with van der Waals surface area (Å²) in [5, 5.41) is 2.66. The van der Waals surface area contributed by atoms with Gasteiger partial charge in [-0.3, -0.25) is 4.79 Å². The molecule has 30 heavy (non-hydrogen) atoms. The first-order valence-electron chi connectivity index (χ1n) is 9.80. The van der Waals surface area contributed by atoms with Gasteiger partial charge in [0, 0.05) is 24.7 Å². The van der Waals surface area contributed by atoms with Crippen LogP contribution in [0, 0.1) is 12.7 Å². The summed E-state index contributed by atoms with van der Waals surface area (Å²) in [6.45, 7) is 2.75. The second-order valence-corrected chi connectivity index (χ2v) is 8.79. The molecule has 2 aromatic rings. The van der Waals surface area contributed by atoms with E-state index in [4.69, 9.17) is 9.47 Å². The Hall–Kier alpha value is -2.65. The van der Waals surface area contributed by atoms with Gasteiger partial charge in [0.25, 0.3) is 0 Å². The maximum absolute atomic E-state index is 13.5. The number of sulfonamides is 1. The number of nitrogens with one attached hydrogen (secondary N) is 2. The highest BCUT2D eigenvalue weighted by Gasteiger charge is 2.18. The van der Waals surface area contributed by atoms with Crippen molar-refractivity contribution in [2.45, 2.75) is 37.5 Å². The van der Waals surface area contributed by atoms with E-state index in [2.05, 4.69) is 10.0 Å². The predicted molar refractivity (Wildman–Crippen MR) is 111 cm³/mol. The van der Waals surface area contributed by atoms with Crippen molar-refractivity contribution in [2.24, 2.45) is 0 Å². The number of hydrogen-bond acceptors (Lipinski definition) is 5. The molecule has 2 N–H and O–H groups in total. The van der Waals surface area contributed by atoms with Crippen molar-refractivity contribution in [1.82, 2.24) is 4.72 Å². The van der Waals surface area contributed by atoms with Crippen LogP contribution in [0.3, 0.4) is 0 Å². The highest BCUT2D eigenvalue weighted by atomic mass is 32.2. The van der Waals surface area contributed by atoms with Crippen LogP contribution in [0.2, 0.25) is 0 Å². The number of ether oxygens (including phenoxy) is 2. The number of aryl methyl sites for hydroxylation is 1. The fourth-order valence-corrected chi connectivity index (χ4v) is 4.05. The van der Waals surface area contributed by atoms with Crippen LogP contribution in [0.25, 0.3) is 0 Å². The summed E-state index contributed by atoms with van der Waals surface area (Å²) in [5.41, 5.74) is 0.946. The van der Waals surface area contributed by atoms with Crippen LogP contribution in [0.4, 0.5) is 10.1 Å². The van der Waals surface area contributed by atoms with Gasteiger partial charge in [0.05, 0.1) is 4.90 Å². The van der Waals surface area contributed by atoms with E-state index in [0.29, 0.717) is 55.2 Å². The number of halogens is 1. The van der Waals surface area contributed by atoms with Crippen molar-refractivity contribution in [3.8, 4) is 11.5 Å². The SMILES string of the molecule is Cc1ccc(NC(=O)CCCCCNS(=O)(=O)c2ccc3c(c2)OCCO3)cc1F. The molecule has 3 rings (SSSR count). The van der Waals surface area contributed by atoms with Crippen molar-refractivity contribution in [3.63, 3.8) is 0 Å². The summed E-state index contributed by atoms with van der Waals surface area (Å²) < 4.78 is 51.7. The Bertz CT molecular complexity index is 1010. The summed E-state index contributed by atoms with van der Waals surface area (Å²) in [7, 11) is -3.65. The van der Waals surface area contributed by atoms with E-state index in [1.165, 1.54) is 18.2 Å². The minimum absolute atomic E-state index is 0.122. The predicted octanol–water partition coefficient (Wildman–Crippen LogP) is 3.38. The number of carbonyl (C=O) groups is 1. The van der Waals surface area contributed by atoms with Crippen LogP contribution in [0.5, 0.6) is 11.5 Å². The molecule has 0 radical (unpaired) electrons. The lowest BCUT2D eigenvalue weighted by Crippen LogP contribution is -2.25. The van der Waals surface area contributed by atoms with E-state index in [0.717, 1.165) is 0 Å². The Balaban J connectivity index is 1.37. The van der Waals surface area contributed by atoms with Crippen LogP contribution < -0.4 is 19.5 Å². The Kier molecular flexibility index (Phi) is 7.28. The molecule has 7 nitrogen and oxygen atoms in total. The van der Waals surface area contributed by atoms with Crippen molar-refractivity contribution < 1.29 is 27.1 Å². The molecule has 9 heteroatoms. The summed E-state index contributed by atoms with van der Waals surface area (Å²) in [5.74, 6) is 0.392. The second-order valence-electron chi connectivity index (χ2n) is 7.03. The molecular weight excluding hydrogens is 411 g/mol. The zero-order valence-corrected chi connectivity index (χ0v) is 17.6. The van der Waals surface area contributed by atoms with Gasteiger partial charge in [0.15, 0.2) is 11.5 Å². The Morgan fingerprint density at radius 3 is 2.57 bits per heavy atom. The molecular formula is C21H25FN2O5S. The van der Waals surface area contributed by atoms with E-state index in [1.807, 2.05) is 0 Å². The van der Waals surface area contributed by atoms with Gasteiger partial charge < -0.3 is 14.8 Å². The number of benzene rings is 2. The largest absolute Gasteiger partial charge is 0.486 e. The van der Waals surface area contributed by atoms with Gasteiger partial charge in [-0.15, -0.1) is 0 Å². The summed E-state index contributed by atoms with van der Waals surface area (Å²) >= 11 is 0. The first-order chi connectivity index (χ1) is 14.3. The number of anilines is 1. The number of unbranched alkanes of at least 4 members (excludes halogenated alkanes) is 2. The van der Waals surface area contributed by atoms with E-state index in [-0.39, 0.29) is 29.6 Å². The number of amides is 1. The fraction of sp³-hybridized carbons (Fsp3) is 0.381. The minimum atomic E-state index is -3.65. The summed E-state index contributed by atoms with van der Waals surface area (Å²) in [4.78, 5) is 12.1. The van der Waals surface area contributed by atoms with Crippen LogP contribution in [0.1, 0.15) is 31.2 Å². The molecule has 2 aromatic carbocycles. The molecule has 0 aromatic heterocycles. The Morgan fingerprint density at radius 2 is 1.80 bits per heavy atom. The number of carbonyl (C=O) groups excluding carboxylic acids is 1. The molecule has 1 aliphatic heterocycles. The molecule has 0 spiro atoms. The quantitative estimate of drug-likeness (QED) is 0.588. The maximum atomic E-state index is 13.5. The van der Waals surface area contributed by atoms with Gasteiger partial charge in [-0.05, 0) is 49.6 Å². The smallest absolute Gasteiger partial charge is 0.240 e. The average molecular weight is 437 g/mol. The molecule has 0 fully saturated rings. The monoisotopic (exact) mass is 436 g/mol. The van der Waals surface area contributed by atoms with Gasteiger partial charge in [0.2, 0.25) is 15.9 Å². The molecule has 1 amide bonds. The zero-order chi connectivity index (χ0) is 21.6. The van der Waals surface area contributed by atoms with Crippen LogP contribution in [-0.4, -0.2) is 34.1 Å². The van der Waals surface area contributed by atoms with E-state index in [1.54, 1.807) is 25.1 Å². The van der Waals surface area contributed by atoms with E-state index >= 15 is 0 Å². The minimum Gasteiger partial charge on any atom is -0.486 e. The van der Waals surface area contributed by atoms with Crippen LogP contribution in [0.15, 0.2) is 41.3 Å². The third kappa shape index (κ3) is 5.93. The van der Waals surface area contributed by atoms with Crippen molar-refractivity contribution >= 4 is 21.6 Å². The molecule has 1 heterocycles. The van der Waals surface area contributed by atoms with E-state index in [9.17, 15) is 17.6 Å². The van der Waals surface area contributed by atoms with E-state index < -0.39 is 10.0 Å². The lowest BCUT2D eigenvalue weighted by atomic mass is 10.1. The van der Waals surface area contributed by atoms with Crippen molar-refractivity contribution in [2.75, 3.05) is 25.1 Å². The van der Waals surface area contributed by atoms with Crippen molar-refractivity contribution in [3.05, 3.63) is 47.8 Å². The number of rotatable bonds is 9. The van der Waals surface area contributed by atoms with Gasteiger partial charge in [-0.2, -0.15) is 0 Å². The maximum Gasteiger partial charge on any atom is 0.240 e. The molecule has 162 valence electrons. The normalized spacial score (nSPS) is 13.1. The summed E-state index contributed by atoms with van der Waals surface area (Å²) in [6.07, 6.45) is 2.16. The highest BCUT2D eigenvalue weighted by Crippen LogP contribution is 2.32. The molecule has 0 saturated heterocycles. The molecule has 0 saturated carbocycles. The fourth-order valence-electron chi connectivity index (χ4n) is 2.96. The molecule has 0 bridgehead atoms. The first-order valence-corrected chi connectivity index (χ1v) is 11.3. The third-order valence-electron chi connectivity index (χ3n) is 4.65. The average Bonchev–Trinajstić information content (AvgIpc) is 2.73. The number of fused-ring (bicyclic) bond motifs is 1. The standard InChI is InChI=1S/C21H25FN2O5S/c1-15-6-7-16(13-18(15)22)24-21(25)5-3-2-4-10-23-30(26,27)17-8-9-19-20(14-17)29-12-11-28-19/h6-9,13-14,23H,2-5,10-12H2,1H3,(H,24,25). The topological polar surface area (TPSA) is 93.7 Å². The van der Waals surface area contributed by atoms with Crippen LogP contribution in [-0.2, 0) is 14.8 Å². The number of hydrogen-bond donors (Lipinski definition) is 2. The van der Waals surface area contributed by atoms with Gasteiger partial charge in [-0.25, -0.2) is 17.5 Å². The Morgan fingerprint density at radius 1 is 1.03 bits per heavy atom. The zero-order valence-electron chi connectivity index (χ0n) is 16.7. The van der Waals surface area contributed by atoms with Gasteiger partial charge in [-0.1, -0.05) is 12.5 Å². The molecule has 0 atom stereocenters. The molecule has 0 unspecified atom stereocenters. The molecule has 1 aliphatic rings. The lowest BCUT2D eigenvalue weighted by molar-refractivity contribution is -0.116. The van der Waals surface area contributed by atoms with Crippen molar-refractivity contribution in [1.29, 1.82) is 0 Å². The van der Waals surface area contributed by atoms with Gasteiger partial charge >= 0.3 is 0 Å². The second kappa shape index (κ2) is 9.90. The highest BCUT2D eigenvalue weighted by molar-refractivity contribution is 7.89. The van der Waals surface area contributed by atoms with Crippen LogP contribution >= 0.6 is 0 Å².